The molecule has 1 aliphatic carbocycles. The predicted molar refractivity (Wildman–Crippen MR) is 98.0 cm³/mol. The number of carbonyl (C=O) groups excluding carboxylic acids is 1. The van der Waals surface area contributed by atoms with Crippen LogP contribution in [0, 0.1) is 17.7 Å². The van der Waals surface area contributed by atoms with Gasteiger partial charge in [0.2, 0.25) is 5.91 Å². The van der Waals surface area contributed by atoms with Gasteiger partial charge in [-0.15, -0.1) is 0 Å². The second-order valence-electron chi connectivity index (χ2n) is 7.26. The Labute approximate surface area is 147 Å². The van der Waals surface area contributed by atoms with Crippen LogP contribution < -0.4 is 10.2 Å². The van der Waals surface area contributed by atoms with Crippen molar-refractivity contribution < 1.29 is 9.18 Å². The van der Waals surface area contributed by atoms with E-state index in [-0.39, 0.29) is 29.7 Å². The highest BCUT2D eigenvalue weighted by Gasteiger charge is 2.47. The summed E-state index contributed by atoms with van der Waals surface area (Å²) in [6.07, 6.45) is 2.37. The number of hydrogen-bond acceptors (Lipinski definition) is 2. The SMILES string of the molecule is CC(=O)N1c2ccccc2C(Nc2ccc(F)cc2)[C@@H](C)[C@@H]1C1CC1. The highest BCUT2D eigenvalue weighted by atomic mass is 19.1. The standard InChI is InChI=1S/C21H23FN2O/c1-13-20(23-17-11-9-16(22)10-12-17)18-5-3-4-6-19(18)24(14(2)25)21(13)15-7-8-15/h3-6,9-13,15,20-21,23H,7-8H2,1-2H3/t13-,20?,21-/m1/s1. The number of anilines is 2. The third-order valence-electron chi connectivity index (χ3n) is 5.50. The Balaban J connectivity index is 1.76. The summed E-state index contributed by atoms with van der Waals surface area (Å²) in [7, 11) is 0. The number of nitrogens with zero attached hydrogens (tertiary/aromatic N) is 1. The largest absolute Gasteiger partial charge is 0.378 e. The smallest absolute Gasteiger partial charge is 0.224 e. The van der Waals surface area contributed by atoms with Crippen LogP contribution in [-0.4, -0.2) is 11.9 Å². The van der Waals surface area contributed by atoms with Gasteiger partial charge in [0.15, 0.2) is 0 Å². The van der Waals surface area contributed by atoms with Gasteiger partial charge >= 0.3 is 0 Å². The summed E-state index contributed by atoms with van der Waals surface area (Å²) in [6.45, 7) is 3.88. The molecule has 0 bridgehead atoms. The first-order chi connectivity index (χ1) is 12.1. The van der Waals surface area contributed by atoms with Gasteiger partial charge in [-0.05, 0) is 54.7 Å². The van der Waals surface area contributed by atoms with Crippen molar-refractivity contribution >= 4 is 17.3 Å². The molecule has 0 saturated heterocycles. The van der Waals surface area contributed by atoms with E-state index in [9.17, 15) is 9.18 Å². The average Bonchev–Trinajstić information content (AvgIpc) is 3.43. The van der Waals surface area contributed by atoms with Gasteiger partial charge in [-0.3, -0.25) is 4.79 Å². The van der Waals surface area contributed by atoms with Crippen LogP contribution in [0.25, 0.3) is 0 Å². The maximum Gasteiger partial charge on any atom is 0.224 e. The molecule has 0 spiro atoms. The molecule has 1 unspecified atom stereocenters. The number of nitrogens with one attached hydrogen (secondary N) is 1. The Morgan fingerprint density at radius 1 is 1.12 bits per heavy atom. The molecular weight excluding hydrogens is 315 g/mol. The van der Waals surface area contributed by atoms with Crippen molar-refractivity contribution in [2.24, 2.45) is 11.8 Å². The van der Waals surface area contributed by atoms with Crippen LogP contribution in [-0.2, 0) is 4.79 Å². The van der Waals surface area contributed by atoms with E-state index in [4.69, 9.17) is 0 Å². The maximum absolute atomic E-state index is 13.2. The summed E-state index contributed by atoms with van der Waals surface area (Å²) in [6, 6.07) is 14.9. The summed E-state index contributed by atoms with van der Waals surface area (Å²) in [5.41, 5.74) is 3.04. The third-order valence-corrected chi connectivity index (χ3v) is 5.50. The normalized spacial score (nSPS) is 25.4. The summed E-state index contributed by atoms with van der Waals surface area (Å²) >= 11 is 0. The van der Waals surface area contributed by atoms with Crippen LogP contribution >= 0.6 is 0 Å². The summed E-state index contributed by atoms with van der Waals surface area (Å²) in [5, 5.41) is 3.58. The van der Waals surface area contributed by atoms with E-state index in [1.54, 1.807) is 19.1 Å². The molecule has 1 aliphatic heterocycles. The highest BCUT2D eigenvalue weighted by molar-refractivity contribution is 5.94. The minimum Gasteiger partial charge on any atom is -0.378 e. The lowest BCUT2D eigenvalue weighted by atomic mass is 9.80. The lowest BCUT2D eigenvalue weighted by Gasteiger charge is -2.46. The van der Waals surface area contributed by atoms with Crippen molar-refractivity contribution in [3.05, 3.63) is 59.9 Å². The molecule has 1 N–H and O–H groups in total. The van der Waals surface area contributed by atoms with Gasteiger partial charge in [-0.2, -0.15) is 0 Å². The Morgan fingerprint density at radius 3 is 2.44 bits per heavy atom. The zero-order chi connectivity index (χ0) is 17.6. The van der Waals surface area contributed by atoms with E-state index in [2.05, 4.69) is 18.3 Å². The first kappa shape index (κ1) is 16.1. The van der Waals surface area contributed by atoms with Crippen LogP contribution in [0.5, 0.6) is 0 Å². The summed E-state index contributed by atoms with van der Waals surface area (Å²) < 4.78 is 13.2. The average molecular weight is 338 g/mol. The van der Waals surface area contributed by atoms with Crippen LogP contribution in [0.1, 0.15) is 38.3 Å². The van der Waals surface area contributed by atoms with Crippen LogP contribution in [0.4, 0.5) is 15.8 Å². The topological polar surface area (TPSA) is 32.3 Å². The van der Waals surface area contributed by atoms with Gasteiger partial charge in [-0.25, -0.2) is 4.39 Å². The number of benzene rings is 2. The van der Waals surface area contributed by atoms with Gasteiger partial charge in [0.05, 0.1) is 6.04 Å². The van der Waals surface area contributed by atoms with Crippen LogP contribution in [0.15, 0.2) is 48.5 Å². The molecule has 0 radical (unpaired) electrons. The summed E-state index contributed by atoms with van der Waals surface area (Å²) in [4.78, 5) is 14.4. The van der Waals surface area contributed by atoms with Crippen molar-refractivity contribution in [2.45, 2.75) is 38.8 Å². The second kappa shape index (κ2) is 6.17. The molecule has 0 aromatic heterocycles. The second-order valence-corrected chi connectivity index (χ2v) is 7.26. The van der Waals surface area contributed by atoms with Gasteiger partial charge in [0, 0.05) is 30.3 Å². The Bertz CT molecular complexity index is 785. The molecule has 130 valence electrons. The molecule has 1 heterocycles. The third kappa shape index (κ3) is 2.90. The van der Waals surface area contributed by atoms with E-state index < -0.39 is 0 Å². The molecule has 25 heavy (non-hydrogen) atoms. The monoisotopic (exact) mass is 338 g/mol. The Hall–Kier alpha value is -2.36. The maximum atomic E-state index is 13.2. The molecule has 2 aromatic carbocycles. The van der Waals surface area contributed by atoms with Crippen molar-refractivity contribution in [3.63, 3.8) is 0 Å². The first-order valence-corrected chi connectivity index (χ1v) is 8.97. The van der Waals surface area contributed by atoms with Gasteiger partial charge in [-0.1, -0.05) is 25.1 Å². The molecule has 4 rings (SSSR count). The predicted octanol–water partition coefficient (Wildman–Crippen LogP) is 4.76. The van der Waals surface area contributed by atoms with Gasteiger partial charge in [0.25, 0.3) is 0 Å². The quantitative estimate of drug-likeness (QED) is 0.875. The highest BCUT2D eigenvalue weighted by Crippen LogP contribution is 2.49. The van der Waals surface area contributed by atoms with Crippen LogP contribution in [0.2, 0.25) is 0 Å². The van der Waals surface area contributed by atoms with Crippen molar-refractivity contribution in [3.8, 4) is 0 Å². The molecule has 3 atom stereocenters. The van der Waals surface area contributed by atoms with Gasteiger partial charge < -0.3 is 10.2 Å². The fourth-order valence-corrected chi connectivity index (χ4v) is 4.24. The lowest BCUT2D eigenvalue weighted by Crippen LogP contribution is -2.51. The van der Waals surface area contributed by atoms with E-state index in [0.29, 0.717) is 5.92 Å². The van der Waals surface area contributed by atoms with E-state index in [1.165, 1.54) is 25.0 Å². The zero-order valence-electron chi connectivity index (χ0n) is 14.6. The molecule has 1 fully saturated rings. The molecule has 3 nitrogen and oxygen atoms in total. The van der Waals surface area contributed by atoms with E-state index >= 15 is 0 Å². The van der Waals surface area contributed by atoms with E-state index in [0.717, 1.165) is 16.9 Å². The number of hydrogen-bond donors (Lipinski definition) is 1. The summed E-state index contributed by atoms with van der Waals surface area (Å²) in [5.74, 6) is 0.721. The minimum absolute atomic E-state index is 0.0999. The zero-order valence-corrected chi connectivity index (χ0v) is 14.6. The van der Waals surface area contributed by atoms with Crippen molar-refractivity contribution in [1.82, 2.24) is 0 Å². The fraction of sp³-hybridized carbons (Fsp3) is 0.381. The molecule has 2 aromatic rings. The van der Waals surface area contributed by atoms with Crippen molar-refractivity contribution in [1.29, 1.82) is 0 Å². The molecule has 1 saturated carbocycles. The number of rotatable bonds is 3. The number of halogens is 1. The number of para-hydroxylation sites is 1. The molecule has 2 aliphatic rings. The molecular formula is C21H23FN2O. The number of amides is 1. The number of fused-ring (bicyclic) bond motifs is 1. The lowest BCUT2D eigenvalue weighted by molar-refractivity contribution is -0.117. The van der Waals surface area contributed by atoms with Gasteiger partial charge in [0.1, 0.15) is 5.82 Å². The van der Waals surface area contributed by atoms with E-state index in [1.807, 2.05) is 23.1 Å². The Kier molecular flexibility index (Phi) is 3.98. The van der Waals surface area contributed by atoms with Crippen molar-refractivity contribution in [2.75, 3.05) is 10.2 Å². The van der Waals surface area contributed by atoms with Crippen LogP contribution in [0.3, 0.4) is 0 Å². The molecule has 1 amide bonds. The minimum atomic E-state index is -0.235. The molecule has 4 heteroatoms. The Morgan fingerprint density at radius 2 is 1.80 bits per heavy atom. The first-order valence-electron chi connectivity index (χ1n) is 8.97. The number of carbonyl (C=O) groups is 1. The fourth-order valence-electron chi connectivity index (χ4n) is 4.24.